The Hall–Kier alpha value is -1.22. The molecule has 0 spiro atoms. The number of hydrogen-bond acceptors (Lipinski definition) is 3. The van der Waals surface area contributed by atoms with Crippen LogP contribution in [0.25, 0.3) is 0 Å². The lowest BCUT2D eigenvalue weighted by molar-refractivity contribution is 0.390. The zero-order chi connectivity index (χ0) is 12.3. The molecule has 2 N–H and O–H groups in total. The fraction of sp³-hybridized carbons (Fsp3) is 0.538. The lowest BCUT2D eigenvalue weighted by atomic mass is 9.94. The van der Waals surface area contributed by atoms with E-state index >= 15 is 0 Å². The minimum absolute atomic E-state index is 0.258. The van der Waals surface area contributed by atoms with E-state index in [0.717, 1.165) is 29.0 Å². The maximum absolute atomic E-state index is 6.04. The van der Waals surface area contributed by atoms with E-state index in [0.29, 0.717) is 0 Å². The summed E-state index contributed by atoms with van der Waals surface area (Å²) in [4.78, 5) is 0. The minimum atomic E-state index is -0.258. The maximum atomic E-state index is 6.04. The highest BCUT2D eigenvalue weighted by molar-refractivity contribution is 5.47. The second-order valence-electron chi connectivity index (χ2n) is 4.80. The van der Waals surface area contributed by atoms with Gasteiger partial charge in [-0.2, -0.15) is 0 Å². The van der Waals surface area contributed by atoms with Gasteiger partial charge in [-0.25, -0.2) is 0 Å². The van der Waals surface area contributed by atoms with Crippen molar-refractivity contribution in [3.05, 3.63) is 23.3 Å². The summed E-state index contributed by atoms with van der Waals surface area (Å²) in [6.07, 6.45) is 0.758. The quantitative estimate of drug-likeness (QED) is 0.851. The molecule has 1 aromatic carbocycles. The fourth-order valence-corrected chi connectivity index (χ4v) is 1.84. The van der Waals surface area contributed by atoms with Gasteiger partial charge in [0.05, 0.1) is 14.2 Å². The first-order chi connectivity index (χ1) is 7.37. The average molecular weight is 223 g/mol. The molecule has 0 saturated heterocycles. The van der Waals surface area contributed by atoms with Crippen molar-refractivity contribution < 1.29 is 9.47 Å². The van der Waals surface area contributed by atoms with Gasteiger partial charge in [-0.15, -0.1) is 0 Å². The number of ether oxygens (including phenoxy) is 2. The number of aryl methyl sites for hydroxylation is 1. The third kappa shape index (κ3) is 3.14. The van der Waals surface area contributed by atoms with Crippen LogP contribution in [0, 0.1) is 6.92 Å². The number of nitrogens with two attached hydrogens (primary N) is 1. The lowest BCUT2D eigenvalue weighted by Crippen LogP contribution is -2.34. The predicted molar refractivity (Wildman–Crippen MR) is 66.3 cm³/mol. The maximum Gasteiger partial charge on any atom is 0.125 e. The van der Waals surface area contributed by atoms with E-state index < -0.39 is 0 Å². The highest BCUT2D eigenvalue weighted by atomic mass is 16.5. The molecule has 0 aliphatic carbocycles. The molecular formula is C13H21NO2. The number of hydrogen-bond donors (Lipinski definition) is 1. The smallest absolute Gasteiger partial charge is 0.125 e. The van der Waals surface area contributed by atoms with Crippen molar-refractivity contribution in [1.29, 1.82) is 0 Å². The molecule has 0 aliphatic rings. The van der Waals surface area contributed by atoms with Gasteiger partial charge >= 0.3 is 0 Å². The Morgan fingerprint density at radius 1 is 1.19 bits per heavy atom. The Kier molecular flexibility index (Phi) is 3.81. The van der Waals surface area contributed by atoms with Gasteiger partial charge in [-0.1, -0.05) is 0 Å². The zero-order valence-corrected chi connectivity index (χ0v) is 10.8. The van der Waals surface area contributed by atoms with Crippen molar-refractivity contribution in [2.45, 2.75) is 32.7 Å². The molecular weight excluding hydrogens is 202 g/mol. The second kappa shape index (κ2) is 4.74. The Balaban J connectivity index is 3.18. The standard InChI is InChI=1S/C13H21NO2/c1-9-6-11(15-4)7-10(12(9)16-5)8-13(2,3)14/h6-7H,8,14H2,1-5H3. The van der Waals surface area contributed by atoms with Crippen molar-refractivity contribution in [2.24, 2.45) is 5.73 Å². The molecule has 16 heavy (non-hydrogen) atoms. The molecule has 1 rings (SSSR count). The first kappa shape index (κ1) is 12.8. The van der Waals surface area contributed by atoms with E-state index in [1.54, 1.807) is 14.2 Å². The molecule has 0 atom stereocenters. The molecule has 0 aliphatic heterocycles. The Labute approximate surface area is 97.6 Å². The zero-order valence-electron chi connectivity index (χ0n) is 10.8. The Morgan fingerprint density at radius 3 is 2.25 bits per heavy atom. The largest absolute Gasteiger partial charge is 0.497 e. The summed E-state index contributed by atoms with van der Waals surface area (Å²) in [6, 6.07) is 3.95. The molecule has 0 saturated carbocycles. The van der Waals surface area contributed by atoms with Crippen molar-refractivity contribution in [3.8, 4) is 11.5 Å². The summed E-state index contributed by atoms with van der Waals surface area (Å²) in [5, 5.41) is 0. The summed E-state index contributed by atoms with van der Waals surface area (Å²) in [7, 11) is 3.35. The molecule has 3 heteroatoms. The fourth-order valence-electron chi connectivity index (χ4n) is 1.84. The summed E-state index contributed by atoms with van der Waals surface area (Å²) >= 11 is 0. The summed E-state index contributed by atoms with van der Waals surface area (Å²) in [5.74, 6) is 1.75. The van der Waals surface area contributed by atoms with Crippen LogP contribution >= 0.6 is 0 Å². The Morgan fingerprint density at radius 2 is 1.81 bits per heavy atom. The topological polar surface area (TPSA) is 44.5 Å². The van der Waals surface area contributed by atoms with Crippen LogP contribution in [0.5, 0.6) is 11.5 Å². The SMILES string of the molecule is COc1cc(C)c(OC)c(CC(C)(C)N)c1. The predicted octanol–water partition coefficient (Wildman–Crippen LogP) is 2.29. The lowest BCUT2D eigenvalue weighted by Gasteiger charge is -2.21. The molecule has 0 bridgehead atoms. The van der Waals surface area contributed by atoms with E-state index in [2.05, 4.69) is 0 Å². The normalized spacial score (nSPS) is 11.4. The van der Waals surface area contributed by atoms with Gasteiger partial charge in [0.25, 0.3) is 0 Å². The van der Waals surface area contributed by atoms with Crippen LogP contribution < -0.4 is 15.2 Å². The van der Waals surface area contributed by atoms with E-state index in [1.807, 2.05) is 32.9 Å². The highest BCUT2D eigenvalue weighted by Crippen LogP contribution is 2.30. The van der Waals surface area contributed by atoms with E-state index in [4.69, 9.17) is 15.2 Å². The number of benzene rings is 1. The van der Waals surface area contributed by atoms with Crippen LogP contribution in [0.3, 0.4) is 0 Å². The molecule has 90 valence electrons. The van der Waals surface area contributed by atoms with Gasteiger partial charge in [0, 0.05) is 5.54 Å². The van der Waals surface area contributed by atoms with Gasteiger partial charge in [-0.3, -0.25) is 0 Å². The van der Waals surface area contributed by atoms with Crippen LogP contribution in [-0.2, 0) is 6.42 Å². The van der Waals surface area contributed by atoms with Crippen LogP contribution in [-0.4, -0.2) is 19.8 Å². The van der Waals surface area contributed by atoms with Crippen LogP contribution in [0.4, 0.5) is 0 Å². The third-order valence-electron chi connectivity index (χ3n) is 2.41. The van der Waals surface area contributed by atoms with Gasteiger partial charge in [0.1, 0.15) is 11.5 Å². The van der Waals surface area contributed by atoms with E-state index in [9.17, 15) is 0 Å². The molecule has 0 unspecified atom stereocenters. The summed E-state index contributed by atoms with van der Waals surface area (Å²) in [5.41, 5.74) is 7.94. The van der Waals surface area contributed by atoms with Crippen LogP contribution in [0.1, 0.15) is 25.0 Å². The molecule has 0 radical (unpaired) electrons. The van der Waals surface area contributed by atoms with E-state index in [1.165, 1.54) is 0 Å². The van der Waals surface area contributed by atoms with E-state index in [-0.39, 0.29) is 5.54 Å². The molecule has 1 aromatic rings. The molecule has 0 fully saturated rings. The van der Waals surface area contributed by atoms with Gasteiger partial charge in [0.2, 0.25) is 0 Å². The second-order valence-corrected chi connectivity index (χ2v) is 4.80. The van der Waals surface area contributed by atoms with Gasteiger partial charge in [0.15, 0.2) is 0 Å². The van der Waals surface area contributed by atoms with Gasteiger partial charge in [-0.05, 0) is 50.5 Å². The van der Waals surface area contributed by atoms with Crippen LogP contribution in [0.2, 0.25) is 0 Å². The molecule has 0 aromatic heterocycles. The molecule has 0 heterocycles. The molecule has 3 nitrogen and oxygen atoms in total. The monoisotopic (exact) mass is 223 g/mol. The minimum Gasteiger partial charge on any atom is -0.497 e. The Bertz CT molecular complexity index is 367. The highest BCUT2D eigenvalue weighted by Gasteiger charge is 2.17. The number of methoxy groups -OCH3 is 2. The van der Waals surface area contributed by atoms with Gasteiger partial charge < -0.3 is 15.2 Å². The average Bonchev–Trinajstić information content (AvgIpc) is 2.14. The van der Waals surface area contributed by atoms with Crippen molar-refractivity contribution in [2.75, 3.05) is 14.2 Å². The van der Waals surface area contributed by atoms with Crippen LogP contribution in [0.15, 0.2) is 12.1 Å². The third-order valence-corrected chi connectivity index (χ3v) is 2.41. The summed E-state index contributed by atoms with van der Waals surface area (Å²) in [6.45, 7) is 6.01. The first-order valence-electron chi connectivity index (χ1n) is 5.38. The van der Waals surface area contributed by atoms with Crippen molar-refractivity contribution in [1.82, 2.24) is 0 Å². The first-order valence-corrected chi connectivity index (χ1v) is 5.38. The van der Waals surface area contributed by atoms with Crippen molar-refractivity contribution in [3.63, 3.8) is 0 Å². The number of rotatable bonds is 4. The molecule has 0 amide bonds. The summed E-state index contributed by atoms with van der Waals surface area (Å²) < 4.78 is 10.7. The van der Waals surface area contributed by atoms with Crippen molar-refractivity contribution >= 4 is 0 Å².